The molecule has 0 bridgehead atoms. The van der Waals surface area contributed by atoms with Crippen LogP contribution in [0.2, 0.25) is 0 Å². The highest BCUT2D eigenvalue weighted by molar-refractivity contribution is 5.73. The van der Waals surface area contributed by atoms with E-state index in [1.165, 1.54) is 10.6 Å². The van der Waals surface area contributed by atoms with E-state index in [9.17, 15) is 9.90 Å². The van der Waals surface area contributed by atoms with Crippen LogP contribution in [0.1, 0.15) is 19.8 Å². The van der Waals surface area contributed by atoms with E-state index >= 15 is 0 Å². The van der Waals surface area contributed by atoms with Crippen molar-refractivity contribution < 1.29 is 9.90 Å². The molecule has 0 radical (unpaired) electrons. The Balaban J connectivity index is 1.70. The Morgan fingerprint density at radius 2 is 2.09 bits per heavy atom. The van der Waals surface area contributed by atoms with Crippen LogP contribution >= 0.6 is 0 Å². The van der Waals surface area contributed by atoms with Gasteiger partial charge in [-0.2, -0.15) is 0 Å². The van der Waals surface area contributed by atoms with E-state index in [-0.39, 0.29) is 6.03 Å². The van der Waals surface area contributed by atoms with Crippen LogP contribution in [-0.2, 0) is 0 Å². The second kappa shape index (κ2) is 7.98. The summed E-state index contributed by atoms with van der Waals surface area (Å²) in [5.41, 5.74) is 1.22. The minimum absolute atomic E-state index is 0.113. The van der Waals surface area contributed by atoms with E-state index in [0.717, 1.165) is 25.9 Å². The Labute approximate surface area is 132 Å². The van der Waals surface area contributed by atoms with Crippen molar-refractivity contribution >= 4 is 11.7 Å². The molecule has 1 atom stereocenters. The molecule has 1 aromatic rings. The van der Waals surface area contributed by atoms with E-state index in [0.29, 0.717) is 19.0 Å². The van der Waals surface area contributed by atoms with Gasteiger partial charge in [0.1, 0.15) is 0 Å². The van der Waals surface area contributed by atoms with E-state index in [4.69, 9.17) is 0 Å². The Bertz CT molecular complexity index is 458. The molecule has 122 valence electrons. The number of carbonyl (C=O) groups excluding carboxylic acids is 1. The lowest BCUT2D eigenvalue weighted by molar-refractivity contribution is 0.143. The number of amides is 2. The molecule has 22 heavy (non-hydrogen) atoms. The molecule has 1 aliphatic rings. The van der Waals surface area contributed by atoms with Crippen LogP contribution in [0.25, 0.3) is 0 Å². The largest absolute Gasteiger partial charge is 0.392 e. The van der Waals surface area contributed by atoms with Crippen molar-refractivity contribution in [3.63, 3.8) is 0 Å². The van der Waals surface area contributed by atoms with Gasteiger partial charge in [-0.05, 0) is 37.8 Å². The summed E-state index contributed by atoms with van der Waals surface area (Å²) in [6.07, 6.45) is 5.28. The number of hydrogen-bond acceptors (Lipinski definition) is 4. The molecule has 0 aliphatic carbocycles. The maximum Gasteiger partial charge on any atom is 0.317 e. The Morgan fingerprint density at radius 1 is 1.45 bits per heavy atom. The van der Waals surface area contributed by atoms with Crippen molar-refractivity contribution in [1.29, 1.82) is 0 Å². The number of pyridine rings is 1. The predicted molar refractivity (Wildman–Crippen MR) is 86.9 cm³/mol. The van der Waals surface area contributed by atoms with Gasteiger partial charge in [-0.25, -0.2) is 4.79 Å². The van der Waals surface area contributed by atoms with Crippen LogP contribution in [0.15, 0.2) is 24.5 Å². The molecule has 1 aromatic heterocycles. The fraction of sp³-hybridized carbons (Fsp3) is 0.625. The van der Waals surface area contributed by atoms with Crippen LogP contribution in [0.3, 0.4) is 0 Å². The molecule has 0 spiro atoms. The highest BCUT2D eigenvalue weighted by Crippen LogP contribution is 2.22. The van der Waals surface area contributed by atoms with Gasteiger partial charge in [-0.1, -0.05) is 0 Å². The molecular formula is C16H26N4O2. The average molecular weight is 306 g/mol. The van der Waals surface area contributed by atoms with Crippen molar-refractivity contribution in [2.75, 3.05) is 38.1 Å². The second-order valence-corrected chi connectivity index (χ2v) is 6.05. The zero-order valence-corrected chi connectivity index (χ0v) is 13.4. The first-order valence-electron chi connectivity index (χ1n) is 7.88. The Kier molecular flexibility index (Phi) is 6.00. The second-order valence-electron chi connectivity index (χ2n) is 6.05. The summed E-state index contributed by atoms with van der Waals surface area (Å²) in [6.45, 7) is 4.75. The normalized spacial score (nSPS) is 17.1. The van der Waals surface area contributed by atoms with E-state index in [2.05, 4.69) is 15.2 Å². The SMILES string of the molecule is CC(O)CN(C)C(=O)NCC1CCN(c2ccncc2)CC1. The third kappa shape index (κ3) is 4.87. The topological polar surface area (TPSA) is 68.7 Å². The molecular weight excluding hydrogens is 280 g/mol. The number of piperidine rings is 1. The minimum Gasteiger partial charge on any atom is -0.392 e. The number of nitrogens with one attached hydrogen (secondary N) is 1. The lowest BCUT2D eigenvalue weighted by Gasteiger charge is -2.33. The van der Waals surface area contributed by atoms with E-state index in [1.807, 2.05) is 24.5 Å². The van der Waals surface area contributed by atoms with Crippen LogP contribution in [0, 0.1) is 5.92 Å². The van der Waals surface area contributed by atoms with Crippen molar-refractivity contribution in [2.24, 2.45) is 5.92 Å². The van der Waals surface area contributed by atoms with Crippen LogP contribution in [-0.4, -0.2) is 60.4 Å². The number of anilines is 1. The number of likely N-dealkylation sites (N-methyl/N-ethyl adjacent to an activating group) is 1. The van der Waals surface area contributed by atoms with Crippen molar-refractivity contribution in [1.82, 2.24) is 15.2 Å². The summed E-state index contributed by atoms with van der Waals surface area (Å²) in [4.78, 5) is 19.8. The zero-order valence-electron chi connectivity index (χ0n) is 13.4. The summed E-state index contributed by atoms with van der Waals surface area (Å²) in [6, 6.07) is 3.96. The van der Waals surface area contributed by atoms with Gasteiger partial charge in [0, 0.05) is 51.3 Å². The highest BCUT2D eigenvalue weighted by atomic mass is 16.3. The predicted octanol–water partition coefficient (Wildman–Crippen LogP) is 1.32. The molecule has 2 heterocycles. The molecule has 2 rings (SSSR count). The third-order valence-corrected chi connectivity index (χ3v) is 4.07. The van der Waals surface area contributed by atoms with Gasteiger partial charge in [0.25, 0.3) is 0 Å². The molecule has 1 unspecified atom stereocenters. The monoisotopic (exact) mass is 306 g/mol. The van der Waals surface area contributed by atoms with Gasteiger partial charge in [0.2, 0.25) is 0 Å². The number of aliphatic hydroxyl groups excluding tert-OH is 1. The molecule has 1 saturated heterocycles. The number of aliphatic hydroxyl groups is 1. The standard InChI is InChI=1S/C16H26N4O2/c1-13(21)12-19(2)16(22)18-11-14-5-9-20(10-6-14)15-3-7-17-8-4-15/h3-4,7-8,13-14,21H,5-6,9-12H2,1-2H3,(H,18,22). The number of hydrogen-bond donors (Lipinski definition) is 2. The molecule has 2 amide bonds. The van der Waals surface area contributed by atoms with E-state index in [1.54, 1.807) is 14.0 Å². The van der Waals surface area contributed by atoms with Gasteiger partial charge in [-0.15, -0.1) is 0 Å². The van der Waals surface area contributed by atoms with Gasteiger partial charge in [0.05, 0.1) is 6.10 Å². The van der Waals surface area contributed by atoms with Gasteiger partial charge in [-0.3, -0.25) is 4.98 Å². The maximum atomic E-state index is 11.9. The zero-order chi connectivity index (χ0) is 15.9. The first-order valence-corrected chi connectivity index (χ1v) is 7.88. The molecule has 1 fully saturated rings. The Morgan fingerprint density at radius 3 is 2.68 bits per heavy atom. The molecule has 0 aromatic carbocycles. The van der Waals surface area contributed by atoms with Gasteiger partial charge in [0.15, 0.2) is 0 Å². The minimum atomic E-state index is -0.501. The number of carbonyl (C=O) groups is 1. The first kappa shape index (κ1) is 16.5. The van der Waals surface area contributed by atoms with E-state index < -0.39 is 6.10 Å². The Hall–Kier alpha value is -1.82. The number of aromatic nitrogens is 1. The smallest absolute Gasteiger partial charge is 0.317 e. The lowest BCUT2D eigenvalue weighted by Crippen LogP contribution is -2.44. The first-order chi connectivity index (χ1) is 10.6. The molecule has 2 N–H and O–H groups in total. The molecule has 6 heteroatoms. The molecule has 1 aliphatic heterocycles. The average Bonchev–Trinajstić information content (AvgIpc) is 2.53. The van der Waals surface area contributed by atoms with Gasteiger partial charge < -0.3 is 20.2 Å². The summed E-state index contributed by atoms with van der Waals surface area (Å²) in [5, 5.41) is 12.3. The summed E-state index contributed by atoms with van der Waals surface area (Å²) >= 11 is 0. The quantitative estimate of drug-likeness (QED) is 0.861. The maximum absolute atomic E-state index is 11.9. The number of urea groups is 1. The molecule has 6 nitrogen and oxygen atoms in total. The molecule has 0 saturated carbocycles. The van der Waals surface area contributed by atoms with Crippen molar-refractivity contribution in [2.45, 2.75) is 25.9 Å². The number of rotatable bonds is 5. The fourth-order valence-electron chi connectivity index (χ4n) is 2.80. The fourth-order valence-corrected chi connectivity index (χ4v) is 2.80. The third-order valence-electron chi connectivity index (χ3n) is 4.07. The van der Waals surface area contributed by atoms with Crippen molar-refractivity contribution in [3.05, 3.63) is 24.5 Å². The van der Waals surface area contributed by atoms with Crippen LogP contribution in [0.4, 0.5) is 10.5 Å². The lowest BCUT2D eigenvalue weighted by atomic mass is 9.96. The summed E-state index contributed by atoms with van der Waals surface area (Å²) < 4.78 is 0. The van der Waals surface area contributed by atoms with Crippen LogP contribution < -0.4 is 10.2 Å². The number of nitrogens with zero attached hydrogens (tertiary/aromatic N) is 3. The summed E-state index contributed by atoms with van der Waals surface area (Å²) in [7, 11) is 1.70. The summed E-state index contributed by atoms with van der Waals surface area (Å²) in [5.74, 6) is 0.516. The van der Waals surface area contributed by atoms with Crippen LogP contribution in [0.5, 0.6) is 0 Å². The van der Waals surface area contributed by atoms with Gasteiger partial charge >= 0.3 is 6.03 Å². The van der Waals surface area contributed by atoms with Crippen molar-refractivity contribution in [3.8, 4) is 0 Å². The highest BCUT2D eigenvalue weighted by Gasteiger charge is 2.20.